The zero-order chi connectivity index (χ0) is 30.1. The van der Waals surface area contributed by atoms with Crippen LogP contribution in [0.3, 0.4) is 0 Å². The number of imide groups is 2. The van der Waals surface area contributed by atoms with Crippen LogP contribution in [0.4, 0.5) is 5.69 Å². The van der Waals surface area contributed by atoms with Crippen LogP contribution in [0.5, 0.6) is 11.5 Å². The summed E-state index contributed by atoms with van der Waals surface area (Å²) >= 11 is 3.39. The molecule has 4 amide bonds. The van der Waals surface area contributed by atoms with Gasteiger partial charge in [0.05, 0.1) is 46.9 Å². The number of phenols is 1. The van der Waals surface area contributed by atoms with Crippen molar-refractivity contribution in [1.29, 1.82) is 0 Å². The molecule has 0 spiro atoms. The molecule has 6 atom stereocenters. The highest BCUT2D eigenvalue weighted by molar-refractivity contribution is 9.10. The van der Waals surface area contributed by atoms with Gasteiger partial charge in [-0.3, -0.25) is 28.9 Å². The second-order valence-corrected chi connectivity index (χ2v) is 12.4. The van der Waals surface area contributed by atoms with Gasteiger partial charge in [0.2, 0.25) is 23.6 Å². The van der Waals surface area contributed by atoms with Gasteiger partial charge in [-0.25, -0.2) is 4.90 Å². The lowest BCUT2D eigenvalue weighted by Crippen LogP contribution is -2.48. The van der Waals surface area contributed by atoms with Gasteiger partial charge < -0.3 is 14.9 Å². The van der Waals surface area contributed by atoms with Crippen LogP contribution >= 0.6 is 15.9 Å². The first-order valence-electron chi connectivity index (χ1n) is 13.8. The number of hydrogen-bond acceptors (Lipinski definition) is 7. The van der Waals surface area contributed by atoms with Crippen LogP contribution in [0.25, 0.3) is 0 Å². The number of allylic oxidation sites excluding steroid dienone is 2. The van der Waals surface area contributed by atoms with E-state index in [2.05, 4.69) is 15.9 Å². The summed E-state index contributed by atoms with van der Waals surface area (Å²) in [6.45, 7) is 1.57. The van der Waals surface area contributed by atoms with E-state index in [1.165, 1.54) is 12.0 Å². The van der Waals surface area contributed by atoms with E-state index >= 15 is 0 Å². The number of halogens is 1. The molecule has 6 rings (SSSR count). The zero-order valence-electron chi connectivity index (χ0n) is 23.0. The summed E-state index contributed by atoms with van der Waals surface area (Å²) in [5.41, 5.74) is 0.618. The van der Waals surface area contributed by atoms with Crippen LogP contribution < -0.4 is 9.64 Å². The third-order valence-electron chi connectivity index (χ3n) is 9.53. The summed E-state index contributed by atoms with van der Waals surface area (Å²) in [5, 5.41) is 19.7. The second-order valence-electron chi connectivity index (χ2n) is 11.5. The maximum atomic E-state index is 14.4. The summed E-state index contributed by atoms with van der Waals surface area (Å²) in [4.78, 5) is 69.0. The molecule has 11 heteroatoms. The van der Waals surface area contributed by atoms with Gasteiger partial charge in [-0.15, -0.1) is 0 Å². The summed E-state index contributed by atoms with van der Waals surface area (Å²) in [6.07, 6.45) is 2.00. The number of nitrogens with zero attached hydrogens (tertiary/aromatic N) is 2. The molecule has 2 aromatic rings. The van der Waals surface area contributed by atoms with Crippen molar-refractivity contribution in [3.05, 3.63) is 64.1 Å². The number of carbonyl (C=O) groups excluding carboxylic acids is 4. The number of likely N-dealkylation sites (tertiary alicyclic amines) is 1. The number of carbonyl (C=O) groups is 5. The first-order chi connectivity index (χ1) is 20.0. The monoisotopic (exact) mass is 636 g/mol. The van der Waals surface area contributed by atoms with Gasteiger partial charge in [0.1, 0.15) is 0 Å². The van der Waals surface area contributed by atoms with Crippen molar-refractivity contribution in [1.82, 2.24) is 4.90 Å². The Kier molecular flexibility index (Phi) is 6.75. The fourth-order valence-corrected chi connectivity index (χ4v) is 8.09. The molecule has 2 aromatic carbocycles. The molecule has 10 nitrogen and oxygen atoms in total. The molecule has 0 aromatic heterocycles. The highest BCUT2D eigenvalue weighted by atomic mass is 79.9. The molecule has 3 fully saturated rings. The smallest absolute Gasteiger partial charge is 0.305 e. The number of carboxylic acid groups (broad SMARTS) is 1. The number of amides is 4. The highest BCUT2D eigenvalue weighted by Gasteiger charge is 2.67. The number of carboxylic acids is 1. The minimum atomic E-state index is -1.24. The first-order valence-corrected chi connectivity index (χ1v) is 14.6. The number of para-hydroxylation sites is 1. The van der Waals surface area contributed by atoms with Gasteiger partial charge >= 0.3 is 5.97 Å². The average Bonchev–Trinajstić information content (AvgIpc) is 3.33. The van der Waals surface area contributed by atoms with Crippen LogP contribution in [0, 0.1) is 29.1 Å². The van der Waals surface area contributed by atoms with Crippen molar-refractivity contribution in [3.8, 4) is 11.5 Å². The van der Waals surface area contributed by atoms with E-state index in [-0.39, 0.29) is 49.1 Å². The Morgan fingerprint density at radius 2 is 1.79 bits per heavy atom. The maximum Gasteiger partial charge on any atom is 0.305 e. The van der Waals surface area contributed by atoms with Crippen molar-refractivity contribution in [2.24, 2.45) is 29.1 Å². The molecule has 218 valence electrons. The summed E-state index contributed by atoms with van der Waals surface area (Å²) in [6, 6.07) is 12.0. The van der Waals surface area contributed by atoms with E-state index in [0.717, 1.165) is 10.5 Å². The zero-order valence-corrected chi connectivity index (χ0v) is 24.5. The number of aromatic hydroxyl groups is 1. The Morgan fingerprint density at radius 3 is 2.45 bits per heavy atom. The second kappa shape index (κ2) is 10.1. The standard InChI is InChI=1S/C31H29BrN2O8/c1-31-20(28(39)34(30(31)41)16-6-4-3-5-7-16)14-19-17(25(31)15-12-21(32)26(37)22(13-15)42-2)8-9-18-24(19)29(40)33(27(18)38)11-10-23(35)36/h3-8,12-13,18-20,24-25,37H,9-11,14H2,1-2H3,(H,35,36). The van der Waals surface area contributed by atoms with E-state index in [9.17, 15) is 34.2 Å². The van der Waals surface area contributed by atoms with Crippen molar-refractivity contribution < 1.29 is 38.9 Å². The molecule has 0 bridgehead atoms. The van der Waals surface area contributed by atoms with Gasteiger partial charge in [-0.2, -0.15) is 0 Å². The number of anilines is 1. The van der Waals surface area contributed by atoms with E-state index in [1.807, 2.05) is 6.08 Å². The fourth-order valence-electron chi connectivity index (χ4n) is 7.63. The Balaban J connectivity index is 1.51. The number of fused-ring (bicyclic) bond motifs is 4. The molecule has 1 saturated carbocycles. The van der Waals surface area contributed by atoms with Gasteiger partial charge in [0.25, 0.3) is 0 Å². The normalized spacial score (nSPS) is 30.2. The van der Waals surface area contributed by atoms with Crippen molar-refractivity contribution >= 4 is 51.2 Å². The molecular formula is C31H29BrN2O8. The number of hydrogen-bond donors (Lipinski definition) is 2. The lowest BCUT2D eigenvalue weighted by atomic mass is 9.51. The average molecular weight is 637 g/mol. The Hall–Kier alpha value is -3.99. The lowest BCUT2D eigenvalue weighted by molar-refractivity contribution is -0.142. The number of aliphatic carboxylic acids is 1. The van der Waals surface area contributed by atoms with E-state index < -0.39 is 52.8 Å². The summed E-state index contributed by atoms with van der Waals surface area (Å²) in [5.74, 6) is -6.05. The van der Waals surface area contributed by atoms with Crippen LogP contribution in [0.2, 0.25) is 0 Å². The molecular weight excluding hydrogens is 608 g/mol. The largest absolute Gasteiger partial charge is 0.503 e. The molecule has 2 N–H and O–H groups in total. The summed E-state index contributed by atoms with van der Waals surface area (Å²) < 4.78 is 5.77. The first kappa shape index (κ1) is 28.1. The number of phenolic OH excluding ortho intramolecular Hbond substituents is 1. The number of benzene rings is 2. The van der Waals surface area contributed by atoms with Gasteiger partial charge in [0.15, 0.2) is 11.5 Å². The van der Waals surface area contributed by atoms with E-state index in [4.69, 9.17) is 4.74 Å². The number of methoxy groups -OCH3 is 1. The minimum Gasteiger partial charge on any atom is -0.503 e. The molecule has 2 aliphatic carbocycles. The predicted octanol–water partition coefficient (Wildman–Crippen LogP) is 3.87. The van der Waals surface area contributed by atoms with Gasteiger partial charge in [-0.05, 0) is 71.4 Å². The Morgan fingerprint density at radius 1 is 1.07 bits per heavy atom. The van der Waals surface area contributed by atoms with E-state index in [0.29, 0.717) is 15.7 Å². The molecule has 4 aliphatic rings. The Bertz CT molecular complexity index is 1570. The third kappa shape index (κ3) is 3.93. The van der Waals surface area contributed by atoms with Gasteiger partial charge in [0, 0.05) is 12.5 Å². The molecule has 0 radical (unpaired) electrons. The quantitative estimate of drug-likeness (QED) is 0.360. The topological polar surface area (TPSA) is 142 Å². The highest BCUT2D eigenvalue weighted by Crippen LogP contribution is 2.64. The van der Waals surface area contributed by atoms with E-state index in [1.54, 1.807) is 49.4 Å². The Labute approximate surface area is 250 Å². The minimum absolute atomic E-state index is 0.113. The van der Waals surface area contributed by atoms with Crippen molar-refractivity contribution in [2.75, 3.05) is 18.6 Å². The number of rotatable bonds is 6. The summed E-state index contributed by atoms with van der Waals surface area (Å²) in [7, 11) is 1.42. The molecule has 2 heterocycles. The predicted molar refractivity (Wildman–Crippen MR) is 152 cm³/mol. The van der Waals surface area contributed by atoms with Crippen LogP contribution in [0.1, 0.15) is 37.7 Å². The molecule has 42 heavy (non-hydrogen) atoms. The molecule has 2 aliphatic heterocycles. The fraction of sp³-hybridized carbons (Fsp3) is 0.387. The SMILES string of the molecule is COc1cc(C2C3=CCC4C(=O)N(CCC(=O)O)C(=O)C4C3CC3C(=O)N(c4ccccc4)C(=O)C32C)cc(Br)c1O. The van der Waals surface area contributed by atoms with Crippen molar-refractivity contribution in [3.63, 3.8) is 0 Å². The third-order valence-corrected chi connectivity index (χ3v) is 10.1. The van der Waals surface area contributed by atoms with Crippen LogP contribution in [-0.2, 0) is 24.0 Å². The van der Waals surface area contributed by atoms with Crippen LogP contribution in [0.15, 0.2) is 58.6 Å². The molecule has 2 saturated heterocycles. The van der Waals surface area contributed by atoms with Crippen LogP contribution in [-0.4, -0.2) is 58.4 Å². The molecule has 6 unspecified atom stereocenters. The van der Waals surface area contributed by atoms with Crippen molar-refractivity contribution in [2.45, 2.75) is 32.1 Å². The number of ether oxygens (including phenoxy) is 1. The lowest BCUT2D eigenvalue weighted by Gasteiger charge is -2.49. The van der Waals surface area contributed by atoms with Gasteiger partial charge in [-0.1, -0.05) is 29.8 Å². The maximum absolute atomic E-state index is 14.4.